The molecule has 2 amide bonds. The van der Waals surface area contributed by atoms with Crippen molar-refractivity contribution in [2.45, 2.75) is 69.7 Å². The Labute approximate surface area is 229 Å². The zero-order valence-corrected chi connectivity index (χ0v) is 22.7. The van der Waals surface area contributed by atoms with Crippen LogP contribution in [0, 0.1) is 5.92 Å². The quantitative estimate of drug-likeness (QED) is 0.308. The van der Waals surface area contributed by atoms with Gasteiger partial charge in [0.05, 0.1) is 12.1 Å². The van der Waals surface area contributed by atoms with Crippen LogP contribution >= 0.6 is 0 Å². The molecule has 1 aliphatic carbocycles. The largest absolute Gasteiger partial charge is 0.369 e. The maximum Gasteiger partial charge on any atom is 0.251 e. The molecular formula is C28H39N7O4. The number of likely N-dealkylation sites (tertiary alicyclic amines) is 1. The zero-order chi connectivity index (χ0) is 27.4. The highest BCUT2D eigenvalue weighted by atomic mass is 16.5. The lowest BCUT2D eigenvalue weighted by molar-refractivity contribution is -0.139. The summed E-state index contributed by atoms with van der Waals surface area (Å²) in [6, 6.07) is 5.47. The SMILES string of the molecule is CCCN1CCN(c2ccc(C(=O)N[C@H](C(=O)N3C[C@H](N=[N+]=[N-])[C@H]4OCC(=O)[C@H]43)C3CCCCC3)cc2)CC1. The second kappa shape index (κ2) is 12.4. The smallest absolute Gasteiger partial charge is 0.251 e. The lowest BCUT2D eigenvalue weighted by Gasteiger charge is -2.36. The molecule has 3 saturated heterocycles. The number of Topliss-reactive ketones (excluding diaryl/α,β-unsaturated/α-hetero) is 1. The molecular weight excluding hydrogens is 498 g/mol. The molecule has 11 heteroatoms. The highest BCUT2D eigenvalue weighted by molar-refractivity contribution is 5.99. The van der Waals surface area contributed by atoms with Crippen molar-refractivity contribution in [2.24, 2.45) is 11.0 Å². The van der Waals surface area contributed by atoms with Gasteiger partial charge in [-0.2, -0.15) is 0 Å². The number of carbonyl (C=O) groups excluding carboxylic acids is 3. The Morgan fingerprint density at radius 1 is 1.13 bits per heavy atom. The van der Waals surface area contributed by atoms with E-state index in [4.69, 9.17) is 10.3 Å². The Kier molecular flexibility index (Phi) is 8.69. The van der Waals surface area contributed by atoms with Gasteiger partial charge in [0, 0.05) is 48.9 Å². The van der Waals surface area contributed by atoms with Gasteiger partial charge in [-0.25, -0.2) is 0 Å². The number of nitrogens with one attached hydrogen (secondary N) is 1. The number of hydrogen-bond acceptors (Lipinski definition) is 7. The fourth-order valence-electron chi connectivity index (χ4n) is 6.65. The van der Waals surface area contributed by atoms with Gasteiger partial charge in [0.1, 0.15) is 18.7 Å². The number of rotatable bonds is 8. The van der Waals surface area contributed by atoms with Crippen molar-refractivity contribution < 1.29 is 19.1 Å². The Bertz CT molecular complexity index is 1090. The summed E-state index contributed by atoms with van der Waals surface area (Å²) in [7, 11) is 0. The molecule has 1 aromatic carbocycles. The van der Waals surface area contributed by atoms with Gasteiger partial charge < -0.3 is 19.9 Å². The summed E-state index contributed by atoms with van der Waals surface area (Å²) in [6.07, 6.45) is 5.32. The highest BCUT2D eigenvalue weighted by Gasteiger charge is 2.53. The molecule has 5 rings (SSSR count). The minimum atomic E-state index is -0.770. The number of benzene rings is 1. The van der Waals surface area contributed by atoms with Crippen LogP contribution < -0.4 is 10.2 Å². The first-order valence-corrected chi connectivity index (χ1v) is 14.4. The minimum Gasteiger partial charge on any atom is -0.369 e. The van der Waals surface area contributed by atoms with Crippen LogP contribution in [-0.4, -0.2) is 97.5 Å². The molecule has 1 aromatic rings. The lowest BCUT2D eigenvalue weighted by atomic mass is 9.83. The van der Waals surface area contributed by atoms with Gasteiger partial charge in [-0.1, -0.05) is 31.3 Å². The monoisotopic (exact) mass is 537 g/mol. The van der Waals surface area contributed by atoms with E-state index < -0.39 is 24.2 Å². The second-order valence-corrected chi connectivity index (χ2v) is 11.2. The maximum absolute atomic E-state index is 13.9. The molecule has 4 fully saturated rings. The standard InChI is InChI=1S/C28H39N7O4/c1-2-12-33-13-15-34(16-14-33)21-10-8-20(9-11-21)27(37)30-24(19-6-4-3-5-7-19)28(38)35-17-22(31-32-29)26-25(35)23(36)18-39-26/h8-11,19,22,24-26H,2-7,12-18H2,1H3,(H,30,37)/t22-,24-,25+,26+/m0/s1. The van der Waals surface area contributed by atoms with Crippen molar-refractivity contribution in [1.29, 1.82) is 0 Å². The fraction of sp³-hybridized carbons (Fsp3) is 0.679. The number of ketones is 1. The molecule has 0 bridgehead atoms. The molecule has 4 aliphatic rings. The van der Waals surface area contributed by atoms with Gasteiger partial charge in [-0.3, -0.25) is 19.3 Å². The number of anilines is 1. The summed E-state index contributed by atoms with van der Waals surface area (Å²) in [6.45, 7) is 7.33. The van der Waals surface area contributed by atoms with Crippen molar-refractivity contribution in [2.75, 3.05) is 50.8 Å². The number of ether oxygens (including phenoxy) is 1. The molecule has 1 saturated carbocycles. The summed E-state index contributed by atoms with van der Waals surface area (Å²) in [5, 5.41) is 6.82. The van der Waals surface area contributed by atoms with Gasteiger partial charge in [-0.05, 0) is 61.5 Å². The first kappa shape index (κ1) is 27.4. The van der Waals surface area contributed by atoms with Crippen molar-refractivity contribution in [3.8, 4) is 0 Å². The van der Waals surface area contributed by atoms with E-state index >= 15 is 0 Å². The first-order valence-electron chi connectivity index (χ1n) is 14.4. The van der Waals surface area contributed by atoms with E-state index in [-0.39, 0.29) is 36.7 Å². The molecule has 0 radical (unpaired) electrons. The van der Waals surface area contributed by atoms with E-state index in [1.807, 2.05) is 24.3 Å². The first-order chi connectivity index (χ1) is 19.0. The van der Waals surface area contributed by atoms with Crippen molar-refractivity contribution in [3.63, 3.8) is 0 Å². The van der Waals surface area contributed by atoms with E-state index in [1.54, 1.807) is 0 Å². The molecule has 3 aliphatic heterocycles. The normalized spacial score (nSPS) is 26.7. The van der Waals surface area contributed by atoms with E-state index in [1.165, 1.54) is 4.90 Å². The van der Waals surface area contributed by atoms with Crippen LogP contribution in [0.25, 0.3) is 10.4 Å². The van der Waals surface area contributed by atoms with Crippen molar-refractivity contribution in [3.05, 3.63) is 40.3 Å². The van der Waals surface area contributed by atoms with Crippen LogP contribution in [-0.2, 0) is 14.3 Å². The predicted octanol–water partition coefficient (Wildman–Crippen LogP) is 2.75. The van der Waals surface area contributed by atoms with E-state index in [9.17, 15) is 14.4 Å². The number of fused-ring (bicyclic) bond motifs is 1. The predicted molar refractivity (Wildman–Crippen MR) is 146 cm³/mol. The lowest BCUT2D eigenvalue weighted by Crippen LogP contribution is -2.55. The van der Waals surface area contributed by atoms with E-state index in [0.29, 0.717) is 5.56 Å². The van der Waals surface area contributed by atoms with Gasteiger partial charge in [-0.15, -0.1) is 0 Å². The topological polar surface area (TPSA) is 131 Å². The van der Waals surface area contributed by atoms with Crippen molar-refractivity contribution >= 4 is 23.3 Å². The third kappa shape index (κ3) is 5.90. The van der Waals surface area contributed by atoms with Gasteiger partial charge in [0.2, 0.25) is 5.91 Å². The average Bonchev–Trinajstić information content (AvgIpc) is 3.53. The van der Waals surface area contributed by atoms with Crippen LogP contribution in [0.4, 0.5) is 5.69 Å². The molecule has 210 valence electrons. The molecule has 11 nitrogen and oxygen atoms in total. The average molecular weight is 538 g/mol. The molecule has 0 aromatic heterocycles. The highest BCUT2D eigenvalue weighted by Crippen LogP contribution is 2.33. The van der Waals surface area contributed by atoms with Crippen LogP contribution in [0.15, 0.2) is 29.4 Å². The maximum atomic E-state index is 13.9. The fourth-order valence-corrected chi connectivity index (χ4v) is 6.65. The van der Waals surface area contributed by atoms with Crippen LogP contribution in [0.5, 0.6) is 0 Å². The summed E-state index contributed by atoms with van der Waals surface area (Å²) in [4.78, 5) is 49.2. The van der Waals surface area contributed by atoms with Crippen LogP contribution in [0.2, 0.25) is 0 Å². The van der Waals surface area contributed by atoms with Crippen LogP contribution in [0.3, 0.4) is 0 Å². The van der Waals surface area contributed by atoms with Gasteiger partial charge >= 0.3 is 0 Å². The molecule has 39 heavy (non-hydrogen) atoms. The zero-order valence-electron chi connectivity index (χ0n) is 22.7. The Hall–Kier alpha value is -3.14. The number of piperazine rings is 1. The molecule has 4 atom stereocenters. The summed E-state index contributed by atoms with van der Waals surface area (Å²) in [5.41, 5.74) is 10.6. The summed E-state index contributed by atoms with van der Waals surface area (Å²) in [5.74, 6) is -0.789. The molecule has 0 unspecified atom stereocenters. The number of carbonyl (C=O) groups is 3. The summed E-state index contributed by atoms with van der Waals surface area (Å²) < 4.78 is 5.59. The number of amides is 2. The van der Waals surface area contributed by atoms with Gasteiger partial charge in [0.25, 0.3) is 5.91 Å². The van der Waals surface area contributed by atoms with Crippen LogP contribution in [0.1, 0.15) is 55.8 Å². The van der Waals surface area contributed by atoms with Gasteiger partial charge in [0.15, 0.2) is 5.78 Å². The number of azide groups is 1. The third-order valence-electron chi connectivity index (χ3n) is 8.72. The Morgan fingerprint density at radius 2 is 1.85 bits per heavy atom. The van der Waals surface area contributed by atoms with E-state index in [2.05, 4.69) is 32.1 Å². The molecule has 3 heterocycles. The number of nitrogens with zero attached hydrogens (tertiary/aromatic N) is 6. The Balaban J connectivity index is 1.29. The molecule has 1 N–H and O–H groups in total. The Morgan fingerprint density at radius 3 is 2.51 bits per heavy atom. The minimum absolute atomic E-state index is 0.0109. The second-order valence-electron chi connectivity index (χ2n) is 11.2. The third-order valence-corrected chi connectivity index (χ3v) is 8.72. The van der Waals surface area contributed by atoms with Crippen molar-refractivity contribution in [1.82, 2.24) is 15.1 Å². The number of hydrogen-bond donors (Lipinski definition) is 1. The summed E-state index contributed by atoms with van der Waals surface area (Å²) >= 11 is 0. The van der Waals surface area contributed by atoms with E-state index in [0.717, 1.165) is 76.9 Å². The molecule has 0 spiro atoms.